The number of carbonyl (C=O) groups excluding carboxylic acids is 2. The van der Waals surface area contributed by atoms with Crippen LogP contribution in [-0.4, -0.2) is 23.4 Å². The van der Waals surface area contributed by atoms with E-state index in [9.17, 15) is 9.59 Å². The highest BCUT2D eigenvalue weighted by Crippen LogP contribution is 2.24. The van der Waals surface area contributed by atoms with Crippen LogP contribution < -0.4 is 11.1 Å². The number of rotatable bonds is 7. The Morgan fingerprint density at radius 1 is 1.25 bits per heavy atom. The van der Waals surface area contributed by atoms with Gasteiger partial charge in [0.15, 0.2) is 0 Å². The third-order valence-electron chi connectivity index (χ3n) is 3.61. The molecule has 0 fully saturated rings. The van der Waals surface area contributed by atoms with E-state index in [0.717, 1.165) is 14.2 Å². The fourth-order valence-electron chi connectivity index (χ4n) is 2.41. The van der Waals surface area contributed by atoms with E-state index >= 15 is 0 Å². The molecule has 0 saturated carbocycles. The molecule has 2 aromatic rings. The molecule has 0 bridgehead atoms. The number of thiophene rings is 1. The second-order valence-electron chi connectivity index (χ2n) is 5.29. The summed E-state index contributed by atoms with van der Waals surface area (Å²) in [5, 5.41) is 2.66. The van der Waals surface area contributed by atoms with Crippen LogP contribution in [0.5, 0.6) is 0 Å². The van der Waals surface area contributed by atoms with Gasteiger partial charge in [0.1, 0.15) is 0 Å². The summed E-state index contributed by atoms with van der Waals surface area (Å²) in [7, 11) is 0. The molecule has 1 unspecified atom stereocenters. The zero-order valence-electron chi connectivity index (χ0n) is 13.4. The summed E-state index contributed by atoms with van der Waals surface area (Å²) in [5.74, 6) is -0.0235. The number of carbonyl (C=O) groups is 2. The Balaban J connectivity index is 2.08. The summed E-state index contributed by atoms with van der Waals surface area (Å²) in [6.07, 6.45) is 0.174. The Morgan fingerprint density at radius 3 is 2.50 bits per heavy atom. The molecule has 3 amide bonds. The van der Waals surface area contributed by atoms with Crippen molar-refractivity contribution in [1.82, 2.24) is 10.2 Å². The van der Waals surface area contributed by atoms with Crippen LogP contribution in [0.1, 0.15) is 29.8 Å². The van der Waals surface area contributed by atoms with Gasteiger partial charge < -0.3 is 16.0 Å². The topological polar surface area (TPSA) is 75.4 Å². The van der Waals surface area contributed by atoms with Gasteiger partial charge in [0.05, 0.1) is 22.8 Å². The molecule has 1 atom stereocenters. The summed E-state index contributed by atoms with van der Waals surface area (Å²) in [5.41, 5.74) is 6.12. The van der Waals surface area contributed by atoms with E-state index in [1.165, 1.54) is 0 Å². The molecular weight excluding hydrogens is 390 g/mol. The molecule has 128 valence electrons. The zero-order valence-corrected chi connectivity index (χ0v) is 15.8. The molecule has 0 saturated heterocycles. The van der Waals surface area contributed by atoms with Crippen LogP contribution in [0.3, 0.4) is 0 Å². The minimum absolute atomic E-state index is 0.0235. The quantitative estimate of drug-likeness (QED) is 0.731. The number of amides is 3. The molecule has 3 N–H and O–H groups in total. The van der Waals surface area contributed by atoms with Gasteiger partial charge >= 0.3 is 6.03 Å². The van der Waals surface area contributed by atoms with Crippen LogP contribution >= 0.6 is 27.3 Å². The average Bonchev–Trinajstić information content (AvgIpc) is 2.97. The minimum atomic E-state index is -0.637. The van der Waals surface area contributed by atoms with E-state index in [0.29, 0.717) is 13.1 Å². The third-order valence-corrected chi connectivity index (χ3v) is 5.22. The van der Waals surface area contributed by atoms with Crippen molar-refractivity contribution >= 4 is 39.2 Å². The SMILES string of the molecule is CCN(Cc1ccc(Br)s1)C(=O)CC(NC(N)=O)c1ccccc1. The van der Waals surface area contributed by atoms with Crippen molar-refractivity contribution in [3.63, 3.8) is 0 Å². The smallest absolute Gasteiger partial charge is 0.312 e. The van der Waals surface area contributed by atoms with Crippen LogP contribution in [0, 0.1) is 0 Å². The van der Waals surface area contributed by atoms with Gasteiger partial charge in [0.2, 0.25) is 5.91 Å². The molecule has 0 radical (unpaired) electrons. The van der Waals surface area contributed by atoms with E-state index in [2.05, 4.69) is 21.2 Å². The molecule has 24 heavy (non-hydrogen) atoms. The molecule has 7 heteroatoms. The average molecular weight is 410 g/mol. The highest BCUT2D eigenvalue weighted by molar-refractivity contribution is 9.11. The maximum absolute atomic E-state index is 12.7. The number of nitrogens with zero attached hydrogens (tertiary/aromatic N) is 1. The van der Waals surface area contributed by atoms with Crippen LogP contribution in [0.15, 0.2) is 46.3 Å². The molecule has 1 heterocycles. The molecule has 1 aromatic heterocycles. The summed E-state index contributed by atoms with van der Waals surface area (Å²) >= 11 is 5.04. The van der Waals surface area contributed by atoms with Crippen molar-refractivity contribution in [3.8, 4) is 0 Å². The molecule has 0 spiro atoms. The largest absolute Gasteiger partial charge is 0.352 e. The van der Waals surface area contributed by atoms with Crippen molar-refractivity contribution in [1.29, 1.82) is 0 Å². The Morgan fingerprint density at radius 2 is 1.96 bits per heavy atom. The first-order valence-corrected chi connectivity index (χ1v) is 9.23. The zero-order chi connectivity index (χ0) is 17.5. The Kier molecular flexibility index (Phi) is 6.81. The summed E-state index contributed by atoms with van der Waals surface area (Å²) < 4.78 is 1.04. The fourth-order valence-corrected chi connectivity index (χ4v) is 3.91. The maximum atomic E-state index is 12.7. The number of benzene rings is 1. The highest BCUT2D eigenvalue weighted by Gasteiger charge is 2.21. The molecule has 0 aliphatic rings. The van der Waals surface area contributed by atoms with Gasteiger partial charge in [-0.1, -0.05) is 30.3 Å². The standard InChI is InChI=1S/C17H20BrN3O2S/c1-2-21(11-13-8-9-15(18)24-13)16(22)10-14(20-17(19)23)12-6-4-3-5-7-12/h3-9,14H,2,10-11H2,1H3,(H3,19,20,23). The Bertz CT molecular complexity index is 690. The van der Waals surface area contributed by atoms with Gasteiger partial charge in [-0.2, -0.15) is 0 Å². The minimum Gasteiger partial charge on any atom is -0.352 e. The number of nitrogens with two attached hydrogens (primary N) is 1. The van der Waals surface area contributed by atoms with E-state index in [1.54, 1.807) is 16.2 Å². The van der Waals surface area contributed by atoms with Gasteiger partial charge in [0, 0.05) is 11.4 Å². The predicted molar refractivity (Wildman–Crippen MR) is 99.6 cm³/mol. The van der Waals surface area contributed by atoms with E-state index < -0.39 is 12.1 Å². The monoisotopic (exact) mass is 409 g/mol. The van der Waals surface area contributed by atoms with Gasteiger partial charge in [-0.25, -0.2) is 4.79 Å². The second kappa shape index (κ2) is 8.84. The first kappa shape index (κ1) is 18.5. The lowest BCUT2D eigenvalue weighted by molar-refractivity contribution is -0.132. The first-order valence-electron chi connectivity index (χ1n) is 7.62. The third kappa shape index (κ3) is 5.35. The second-order valence-corrected chi connectivity index (χ2v) is 7.84. The lowest BCUT2D eigenvalue weighted by Crippen LogP contribution is -2.38. The van der Waals surface area contributed by atoms with E-state index in [1.807, 2.05) is 49.4 Å². The Hall–Kier alpha value is -1.86. The number of hydrogen-bond donors (Lipinski definition) is 2. The first-order chi connectivity index (χ1) is 11.5. The fraction of sp³-hybridized carbons (Fsp3) is 0.294. The number of halogens is 1. The van der Waals surface area contributed by atoms with Crippen molar-refractivity contribution in [2.45, 2.75) is 25.9 Å². The number of urea groups is 1. The summed E-state index contributed by atoms with van der Waals surface area (Å²) in [6, 6.07) is 12.3. The normalized spacial score (nSPS) is 11.8. The van der Waals surface area contributed by atoms with E-state index in [-0.39, 0.29) is 12.3 Å². The molecule has 2 rings (SSSR count). The maximum Gasteiger partial charge on any atom is 0.312 e. The molecule has 0 aliphatic heterocycles. The molecule has 0 aliphatic carbocycles. The van der Waals surface area contributed by atoms with Crippen LogP contribution in [0.4, 0.5) is 4.79 Å². The van der Waals surface area contributed by atoms with Crippen LogP contribution in [0.2, 0.25) is 0 Å². The predicted octanol–water partition coefficient (Wildman–Crippen LogP) is 3.66. The highest BCUT2D eigenvalue weighted by atomic mass is 79.9. The molecule has 5 nitrogen and oxygen atoms in total. The van der Waals surface area contributed by atoms with Crippen LogP contribution in [-0.2, 0) is 11.3 Å². The van der Waals surface area contributed by atoms with Gasteiger partial charge in [-0.3, -0.25) is 4.79 Å². The number of hydrogen-bond acceptors (Lipinski definition) is 3. The Labute approximate surface area is 154 Å². The van der Waals surface area contributed by atoms with Crippen molar-refractivity contribution in [2.75, 3.05) is 6.54 Å². The lowest BCUT2D eigenvalue weighted by atomic mass is 10.0. The lowest BCUT2D eigenvalue weighted by Gasteiger charge is -2.24. The molecular formula is C17H20BrN3O2S. The van der Waals surface area contributed by atoms with E-state index in [4.69, 9.17) is 5.73 Å². The van der Waals surface area contributed by atoms with Gasteiger partial charge in [-0.05, 0) is 40.5 Å². The van der Waals surface area contributed by atoms with Crippen molar-refractivity contribution < 1.29 is 9.59 Å². The number of primary amides is 1. The summed E-state index contributed by atoms with van der Waals surface area (Å²) in [4.78, 5) is 26.8. The van der Waals surface area contributed by atoms with Crippen LogP contribution in [0.25, 0.3) is 0 Å². The van der Waals surface area contributed by atoms with Gasteiger partial charge in [-0.15, -0.1) is 11.3 Å². The van der Waals surface area contributed by atoms with Crippen molar-refractivity contribution in [2.24, 2.45) is 5.73 Å². The van der Waals surface area contributed by atoms with Crippen molar-refractivity contribution in [3.05, 3.63) is 56.7 Å². The van der Waals surface area contributed by atoms with Gasteiger partial charge in [0.25, 0.3) is 0 Å². The summed E-state index contributed by atoms with van der Waals surface area (Å²) in [6.45, 7) is 3.11. The molecule has 1 aromatic carbocycles. The number of nitrogens with one attached hydrogen (secondary N) is 1.